The van der Waals surface area contributed by atoms with Crippen molar-refractivity contribution in [1.82, 2.24) is 14.7 Å². The zero-order valence-electron chi connectivity index (χ0n) is 16.2. The minimum absolute atomic E-state index is 0.218. The molecule has 0 atom stereocenters. The molecule has 0 radical (unpaired) electrons. The molecule has 0 aliphatic heterocycles. The largest absolute Gasteiger partial charge is 0.494 e. The highest BCUT2D eigenvalue weighted by atomic mass is 32.2. The van der Waals surface area contributed by atoms with Crippen LogP contribution in [0.25, 0.3) is 0 Å². The first-order valence-electron chi connectivity index (χ1n) is 8.92. The predicted octanol–water partition coefficient (Wildman–Crippen LogP) is 2.31. The van der Waals surface area contributed by atoms with E-state index in [-0.39, 0.29) is 11.4 Å². The van der Waals surface area contributed by atoms with Crippen LogP contribution in [-0.2, 0) is 10.0 Å². The summed E-state index contributed by atoms with van der Waals surface area (Å²) < 4.78 is 32.9. The van der Waals surface area contributed by atoms with E-state index in [1.165, 1.54) is 0 Å². The lowest BCUT2D eigenvalue weighted by Gasteiger charge is -2.12. The fourth-order valence-corrected chi connectivity index (χ4v) is 3.58. The molecule has 2 rings (SSSR count). The smallest absolute Gasteiger partial charge is 0.240 e. The normalized spacial score (nSPS) is 11.3. The van der Waals surface area contributed by atoms with Gasteiger partial charge in [-0.2, -0.15) is 4.98 Å². The minimum Gasteiger partial charge on any atom is -0.494 e. The maximum absolute atomic E-state index is 12.4. The van der Waals surface area contributed by atoms with Gasteiger partial charge in [0.05, 0.1) is 11.5 Å². The third kappa shape index (κ3) is 6.07. The van der Waals surface area contributed by atoms with Gasteiger partial charge in [-0.25, -0.2) is 18.1 Å². The monoisotopic (exact) mass is 393 g/mol. The molecule has 0 aliphatic carbocycles. The van der Waals surface area contributed by atoms with Crippen molar-refractivity contribution in [2.45, 2.75) is 32.6 Å². The third-order valence-corrected chi connectivity index (χ3v) is 5.13. The van der Waals surface area contributed by atoms with Crippen molar-refractivity contribution in [1.29, 1.82) is 0 Å². The van der Waals surface area contributed by atoms with Gasteiger partial charge in [0.2, 0.25) is 16.0 Å². The van der Waals surface area contributed by atoms with Gasteiger partial charge in [0.15, 0.2) is 0 Å². The van der Waals surface area contributed by atoms with E-state index >= 15 is 0 Å². The number of sulfonamides is 1. The zero-order chi connectivity index (χ0) is 19.9. The van der Waals surface area contributed by atoms with Crippen LogP contribution in [0.2, 0.25) is 0 Å². The highest BCUT2D eigenvalue weighted by Gasteiger charge is 2.15. The lowest BCUT2D eigenvalue weighted by Crippen LogP contribution is -2.29. The summed E-state index contributed by atoms with van der Waals surface area (Å²) in [4.78, 5) is 8.82. The van der Waals surface area contributed by atoms with Crippen LogP contribution in [0.15, 0.2) is 29.2 Å². The van der Waals surface area contributed by atoms with Crippen molar-refractivity contribution in [3.8, 4) is 5.75 Å². The molecule has 1 aromatic carbocycles. The van der Waals surface area contributed by atoms with E-state index < -0.39 is 10.0 Å². The van der Waals surface area contributed by atoms with Crippen molar-refractivity contribution in [3.05, 3.63) is 35.5 Å². The highest BCUT2D eigenvalue weighted by molar-refractivity contribution is 7.89. The topological polar surface area (TPSA) is 105 Å². The van der Waals surface area contributed by atoms with Gasteiger partial charge in [-0.15, -0.1) is 0 Å². The third-order valence-electron chi connectivity index (χ3n) is 3.67. The molecule has 0 fully saturated rings. The van der Waals surface area contributed by atoms with Gasteiger partial charge >= 0.3 is 0 Å². The summed E-state index contributed by atoms with van der Waals surface area (Å²) in [5, 5.41) is 6.17. The van der Waals surface area contributed by atoms with E-state index in [1.807, 2.05) is 33.8 Å². The Kier molecular flexibility index (Phi) is 7.37. The molecule has 0 spiro atoms. The maximum atomic E-state index is 12.4. The first-order chi connectivity index (χ1) is 12.9. The molecule has 1 aromatic heterocycles. The Morgan fingerprint density at radius 3 is 2.48 bits per heavy atom. The van der Waals surface area contributed by atoms with E-state index in [9.17, 15) is 8.42 Å². The van der Waals surface area contributed by atoms with Crippen molar-refractivity contribution in [2.24, 2.45) is 0 Å². The van der Waals surface area contributed by atoms with Crippen LogP contribution < -0.4 is 20.1 Å². The number of rotatable bonds is 10. The second-order valence-electron chi connectivity index (χ2n) is 5.93. The summed E-state index contributed by atoms with van der Waals surface area (Å²) in [5.41, 5.74) is 1.61. The number of aryl methyl sites for hydroxylation is 2. The number of nitrogens with zero attached hydrogens (tertiary/aromatic N) is 2. The second kappa shape index (κ2) is 9.52. The predicted molar refractivity (Wildman–Crippen MR) is 107 cm³/mol. The molecule has 2 aromatic rings. The van der Waals surface area contributed by atoms with Crippen molar-refractivity contribution in [3.63, 3.8) is 0 Å². The lowest BCUT2D eigenvalue weighted by molar-refractivity contribution is 0.337. The van der Waals surface area contributed by atoms with Gasteiger partial charge in [0.25, 0.3) is 0 Å². The van der Waals surface area contributed by atoms with Gasteiger partial charge in [0.1, 0.15) is 11.6 Å². The molecule has 3 N–H and O–H groups in total. The van der Waals surface area contributed by atoms with E-state index in [0.29, 0.717) is 30.7 Å². The zero-order valence-corrected chi connectivity index (χ0v) is 17.0. The fraction of sp³-hybridized carbons (Fsp3) is 0.444. The number of anilines is 2. The summed E-state index contributed by atoms with van der Waals surface area (Å²) in [5.74, 6) is 1.88. The van der Waals surface area contributed by atoms with Crippen LogP contribution in [-0.4, -0.2) is 44.6 Å². The standard InChI is InChI=1S/C18H27N5O3S/c1-5-19-18-22-14(4)12-17(23-18)20-9-10-21-27(24,25)15-7-8-16(26-6-2)13(3)11-15/h7-8,11-12,21H,5-6,9-10H2,1-4H3,(H2,19,20,22,23). The summed E-state index contributed by atoms with van der Waals surface area (Å²) >= 11 is 0. The Hall–Kier alpha value is -2.39. The molecule has 0 saturated carbocycles. The Morgan fingerprint density at radius 2 is 1.81 bits per heavy atom. The van der Waals surface area contributed by atoms with E-state index in [2.05, 4.69) is 25.3 Å². The first kappa shape index (κ1) is 20.9. The van der Waals surface area contributed by atoms with Gasteiger partial charge in [-0.05, 0) is 51.5 Å². The number of hydrogen-bond donors (Lipinski definition) is 3. The second-order valence-corrected chi connectivity index (χ2v) is 7.70. The van der Waals surface area contributed by atoms with Crippen LogP contribution >= 0.6 is 0 Å². The van der Waals surface area contributed by atoms with Crippen LogP contribution in [0, 0.1) is 13.8 Å². The molecule has 0 bridgehead atoms. The van der Waals surface area contributed by atoms with E-state index in [4.69, 9.17) is 4.74 Å². The van der Waals surface area contributed by atoms with Gasteiger partial charge in [-0.3, -0.25) is 0 Å². The Bertz CT molecular complexity index is 871. The highest BCUT2D eigenvalue weighted by Crippen LogP contribution is 2.21. The summed E-state index contributed by atoms with van der Waals surface area (Å²) in [6.07, 6.45) is 0. The molecule has 9 heteroatoms. The number of nitrogens with one attached hydrogen (secondary N) is 3. The molecular formula is C18H27N5O3S. The maximum Gasteiger partial charge on any atom is 0.240 e. The Balaban J connectivity index is 1.93. The molecule has 0 amide bonds. The molecule has 27 heavy (non-hydrogen) atoms. The van der Waals surface area contributed by atoms with Crippen molar-refractivity contribution < 1.29 is 13.2 Å². The molecule has 148 valence electrons. The molecule has 0 aliphatic rings. The molecular weight excluding hydrogens is 366 g/mol. The summed E-state index contributed by atoms with van der Waals surface area (Å²) in [6, 6.07) is 6.64. The molecule has 0 saturated heterocycles. The van der Waals surface area contributed by atoms with Gasteiger partial charge < -0.3 is 15.4 Å². The fourth-order valence-electron chi connectivity index (χ4n) is 2.46. The van der Waals surface area contributed by atoms with Crippen LogP contribution in [0.3, 0.4) is 0 Å². The number of aromatic nitrogens is 2. The quantitative estimate of drug-likeness (QED) is 0.532. The minimum atomic E-state index is -3.58. The van der Waals surface area contributed by atoms with Gasteiger partial charge in [0, 0.05) is 31.4 Å². The lowest BCUT2D eigenvalue weighted by atomic mass is 10.2. The average molecular weight is 394 g/mol. The summed E-state index contributed by atoms with van der Waals surface area (Å²) in [6.45, 7) is 9.45. The first-order valence-corrected chi connectivity index (χ1v) is 10.4. The SMILES string of the molecule is CCNc1nc(C)cc(NCCNS(=O)(=O)c2ccc(OCC)c(C)c2)n1. The van der Waals surface area contributed by atoms with Crippen LogP contribution in [0.5, 0.6) is 5.75 Å². The van der Waals surface area contributed by atoms with E-state index in [1.54, 1.807) is 18.2 Å². The van der Waals surface area contributed by atoms with E-state index in [0.717, 1.165) is 17.8 Å². The Morgan fingerprint density at radius 1 is 1.04 bits per heavy atom. The van der Waals surface area contributed by atoms with Crippen LogP contribution in [0.1, 0.15) is 25.1 Å². The van der Waals surface area contributed by atoms with Gasteiger partial charge in [-0.1, -0.05) is 0 Å². The molecule has 8 nitrogen and oxygen atoms in total. The number of benzene rings is 1. The number of ether oxygens (including phenoxy) is 1. The number of hydrogen-bond acceptors (Lipinski definition) is 7. The van der Waals surface area contributed by atoms with Crippen molar-refractivity contribution in [2.75, 3.05) is 36.9 Å². The molecule has 0 unspecified atom stereocenters. The summed E-state index contributed by atoms with van der Waals surface area (Å²) in [7, 11) is -3.58. The molecule has 1 heterocycles. The Labute approximate surface area is 160 Å². The van der Waals surface area contributed by atoms with Crippen molar-refractivity contribution >= 4 is 21.8 Å². The average Bonchev–Trinajstić information content (AvgIpc) is 2.60. The van der Waals surface area contributed by atoms with Crippen LogP contribution in [0.4, 0.5) is 11.8 Å².